The van der Waals surface area contributed by atoms with Gasteiger partial charge < -0.3 is 14.8 Å². The fraction of sp³-hybridized carbons (Fsp3) is 0.250. The molecule has 0 saturated heterocycles. The average molecular weight is 438 g/mol. The first-order valence-corrected chi connectivity index (χ1v) is 9.35. The molecule has 0 spiro atoms. The Hall–Kier alpha value is -2.77. The van der Waals surface area contributed by atoms with Crippen LogP contribution in [-0.4, -0.2) is 31.7 Å². The molecule has 0 heterocycles. The maximum Gasteiger partial charge on any atom is 0.244 e. The summed E-state index contributed by atoms with van der Waals surface area (Å²) in [5, 5.41) is 7.40. The normalized spacial score (nSPS) is 11.0. The first-order chi connectivity index (χ1) is 13.8. The van der Waals surface area contributed by atoms with Crippen molar-refractivity contribution in [2.24, 2.45) is 5.10 Å². The molecule has 9 heteroatoms. The maximum absolute atomic E-state index is 12.1. The summed E-state index contributed by atoms with van der Waals surface area (Å²) < 4.78 is 10.4. The lowest BCUT2D eigenvalue weighted by Crippen LogP contribution is -2.23. The molecular formula is C20H21Cl2N3O4. The molecule has 0 atom stereocenters. The van der Waals surface area contributed by atoms with E-state index in [1.165, 1.54) is 7.11 Å². The zero-order chi connectivity index (χ0) is 21.4. The first kappa shape index (κ1) is 22.5. The largest absolute Gasteiger partial charge is 0.493 e. The summed E-state index contributed by atoms with van der Waals surface area (Å²) in [4.78, 5) is 24.2. The molecule has 154 valence electrons. The van der Waals surface area contributed by atoms with Crippen LogP contribution in [0.2, 0.25) is 10.0 Å². The monoisotopic (exact) mass is 437 g/mol. The maximum atomic E-state index is 12.1. The van der Waals surface area contributed by atoms with E-state index in [1.54, 1.807) is 50.4 Å². The number of nitrogens with zero attached hydrogens (tertiary/aromatic N) is 1. The third-order valence-corrected chi connectivity index (χ3v) is 4.54. The lowest BCUT2D eigenvalue weighted by molar-refractivity contribution is -0.120. The molecule has 0 aromatic heterocycles. The Labute approximate surface area is 179 Å². The number of hydrogen-bond donors (Lipinski definition) is 2. The van der Waals surface area contributed by atoms with E-state index >= 15 is 0 Å². The fourth-order valence-corrected chi connectivity index (χ4v) is 2.72. The van der Waals surface area contributed by atoms with Gasteiger partial charge in [-0.25, -0.2) is 5.43 Å². The van der Waals surface area contributed by atoms with Crippen LogP contribution in [0.5, 0.6) is 11.5 Å². The molecule has 29 heavy (non-hydrogen) atoms. The number of amides is 2. The zero-order valence-electron chi connectivity index (χ0n) is 16.2. The van der Waals surface area contributed by atoms with Gasteiger partial charge in [-0.1, -0.05) is 29.3 Å². The van der Waals surface area contributed by atoms with Crippen LogP contribution in [0.3, 0.4) is 0 Å². The Morgan fingerprint density at radius 3 is 2.34 bits per heavy atom. The molecule has 0 unspecified atom stereocenters. The summed E-state index contributed by atoms with van der Waals surface area (Å²) in [6, 6.07) is 10.0. The molecule has 2 N–H and O–H groups in total. The third-order valence-electron chi connectivity index (χ3n) is 3.80. The number of ether oxygens (including phenoxy) is 2. The topological polar surface area (TPSA) is 89.0 Å². The predicted molar refractivity (Wildman–Crippen MR) is 114 cm³/mol. The van der Waals surface area contributed by atoms with Crippen molar-refractivity contribution in [2.75, 3.05) is 19.5 Å². The van der Waals surface area contributed by atoms with Gasteiger partial charge in [0.15, 0.2) is 11.5 Å². The van der Waals surface area contributed by atoms with E-state index in [9.17, 15) is 9.59 Å². The van der Waals surface area contributed by atoms with Crippen LogP contribution >= 0.6 is 23.2 Å². The van der Waals surface area contributed by atoms with Gasteiger partial charge in [0.1, 0.15) is 0 Å². The molecular weight excluding hydrogens is 417 g/mol. The molecule has 2 rings (SSSR count). The lowest BCUT2D eigenvalue weighted by atomic mass is 10.1. The van der Waals surface area contributed by atoms with Crippen molar-refractivity contribution in [1.82, 2.24) is 5.43 Å². The van der Waals surface area contributed by atoms with E-state index in [0.29, 0.717) is 32.9 Å². The van der Waals surface area contributed by atoms with Crippen LogP contribution in [0.4, 0.5) is 5.69 Å². The lowest BCUT2D eigenvalue weighted by Gasteiger charge is -2.09. The minimum atomic E-state index is -0.318. The molecule has 0 fully saturated rings. The van der Waals surface area contributed by atoms with E-state index in [-0.39, 0.29) is 24.7 Å². The molecule has 0 saturated carbocycles. The minimum absolute atomic E-state index is 0.0108. The van der Waals surface area contributed by atoms with E-state index in [4.69, 9.17) is 32.7 Å². The quantitative estimate of drug-likeness (QED) is 0.480. The molecule has 0 aliphatic heterocycles. The second-order valence-electron chi connectivity index (χ2n) is 6.10. The number of methoxy groups -OCH3 is 2. The summed E-state index contributed by atoms with van der Waals surface area (Å²) in [5.74, 6) is 0.509. The highest BCUT2D eigenvalue weighted by molar-refractivity contribution is 6.42. The van der Waals surface area contributed by atoms with Crippen LogP contribution < -0.4 is 20.2 Å². The summed E-state index contributed by atoms with van der Waals surface area (Å²) in [6.07, 6.45) is 0.115. The van der Waals surface area contributed by atoms with Gasteiger partial charge in [-0.05, 0) is 42.8 Å². The minimum Gasteiger partial charge on any atom is -0.493 e. The number of halogens is 2. The van der Waals surface area contributed by atoms with Gasteiger partial charge in [-0.15, -0.1) is 0 Å². The highest BCUT2D eigenvalue weighted by Crippen LogP contribution is 2.27. The van der Waals surface area contributed by atoms with Crippen LogP contribution in [-0.2, 0) is 16.0 Å². The van der Waals surface area contributed by atoms with E-state index in [2.05, 4.69) is 15.8 Å². The SMILES string of the molecule is COc1ccc(CC(=O)N/N=C(\C)CC(=O)Nc2ccc(Cl)c(Cl)c2)cc1OC. The van der Waals surface area contributed by atoms with Gasteiger partial charge in [0, 0.05) is 11.4 Å². The zero-order valence-corrected chi connectivity index (χ0v) is 17.7. The van der Waals surface area contributed by atoms with E-state index in [1.807, 2.05) is 0 Å². The molecule has 2 aromatic carbocycles. The number of carbonyl (C=O) groups excluding carboxylic acids is 2. The Balaban J connectivity index is 1.87. The number of benzene rings is 2. The number of hydrazone groups is 1. The third kappa shape index (κ3) is 6.96. The first-order valence-electron chi connectivity index (χ1n) is 8.60. The molecule has 2 amide bonds. The van der Waals surface area contributed by atoms with Gasteiger partial charge in [0.25, 0.3) is 0 Å². The fourth-order valence-electron chi connectivity index (χ4n) is 2.42. The second-order valence-corrected chi connectivity index (χ2v) is 6.92. The summed E-state index contributed by atoms with van der Waals surface area (Å²) in [7, 11) is 3.07. The van der Waals surface area contributed by atoms with Gasteiger partial charge in [0.05, 0.1) is 37.1 Å². The van der Waals surface area contributed by atoms with E-state index in [0.717, 1.165) is 5.56 Å². The van der Waals surface area contributed by atoms with Crippen LogP contribution in [0.25, 0.3) is 0 Å². The predicted octanol–water partition coefficient (Wildman–Crippen LogP) is 4.07. The van der Waals surface area contributed by atoms with Crippen molar-refractivity contribution in [1.29, 1.82) is 0 Å². The summed E-state index contributed by atoms with van der Waals surface area (Å²) in [5.41, 5.74) is 4.15. The van der Waals surface area contributed by atoms with Crippen molar-refractivity contribution in [2.45, 2.75) is 19.8 Å². The molecule has 7 nitrogen and oxygen atoms in total. The summed E-state index contributed by atoms with van der Waals surface area (Å²) in [6.45, 7) is 1.64. The molecule has 0 radical (unpaired) electrons. The Bertz CT molecular complexity index is 932. The Morgan fingerprint density at radius 1 is 0.966 bits per heavy atom. The number of carbonyl (C=O) groups is 2. The Morgan fingerprint density at radius 2 is 1.69 bits per heavy atom. The second kappa shape index (κ2) is 10.7. The number of anilines is 1. The van der Waals surface area contributed by atoms with Crippen LogP contribution in [0, 0.1) is 0 Å². The van der Waals surface area contributed by atoms with Gasteiger partial charge in [-0.3, -0.25) is 9.59 Å². The van der Waals surface area contributed by atoms with Crippen molar-refractivity contribution >= 4 is 46.4 Å². The number of nitrogens with one attached hydrogen (secondary N) is 2. The van der Waals surface area contributed by atoms with Crippen LogP contribution in [0.1, 0.15) is 18.9 Å². The molecule has 2 aromatic rings. The van der Waals surface area contributed by atoms with Crippen LogP contribution in [0.15, 0.2) is 41.5 Å². The molecule has 0 aliphatic rings. The summed E-state index contributed by atoms with van der Waals surface area (Å²) >= 11 is 11.8. The van der Waals surface area contributed by atoms with Gasteiger partial charge >= 0.3 is 0 Å². The van der Waals surface area contributed by atoms with Crippen molar-refractivity contribution in [3.05, 3.63) is 52.0 Å². The van der Waals surface area contributed by atoms with E-state index < -0.39 is 0 Å². The van der Waals surface area contributed by atoms with Gasteiger partial charge in [0.2, 0.25) is 11.8 Å². The standard InChI is InChI=1S/C20H21Cl2N3O4/c1-12(8-19(26)23-14-5-6-15(21)16(22)11-14)24-25-20(27)10-13-4-7-17(28-2)18(9-13)29-3/h4-7,9,11H,8,10H2,1-3H3,(H,23,26)(H,25,27)/b24-12+. The molecule has 0 bridgehead atoms. The average Bonchev–Trinajstić information content (AvgIpc) is 2.69. The van der Waals surface area contributed by atoms with Crippen molar-refractivity contribution in [3.63, 3.8) is 0 Å². The Kier molecular flexibility index (Phi) is 8.30. The highest BCUT2D eigenvalue weighted by Gasteiger charge is 2.09. The number of rotatable bonds is 8. The van der Waals surface area contributed by atoms with Crippen molar-refractivity contribution in [3.8, 4) is 11.5 Å². The highest BCUT2D eigenvalue weighted by atomic mass is 35.5. The molecule has 0 aliphatic carbocycles. The smallest absolute Gasteiger partial charge is 0.244 e. The van der Waals surface area contributed by atoms with Gasteiger partial charge in [-0.2, -0.15) is 5.10 Å². The number of hydrogen-bond acceptors (Lipinski definition) is 5. The van der Waals surface area contributed by atoms with Crippen molar-refractivity contribution < 1.29 is 19.1 Å².